The van der Waals surface area contributed by atoms with Crippen LogP contribution in [0.2, 0.25) is 0 Å². The Morgan fingerprint density at radius 1 is 0.968 bits per heavy atom. The molecular formula is C24H36IN5O. The molecule has 2 aromatic rings. The van der Waals surface area contributed by atoms with Gasteiger partial charge < -0.3 is 15.4 Å². The van der Waals surface area contributed by atoms with Crippen molar-refractivity contribution in [3.05, 3.63) is 59.3 Å². The molecule has 0 aliphatic carbocycles. The van der Waals surface area contributed by atoms with Gasteiger partial charge in [0.2, 0.25) is 5.88 Å². The largest absolute Gasteiger partial charge is 0.475 e. The third-order valence-corrected chi connectivity index (χ3v) is 5.18. The molecule has 0 saturated carbocycles. The highest BCUT2D eigenvalue weighted by atomic mass is 127. The molecule has 1 aromatic carbocycles. The number of halogens is 1. The van der Waals surface area contributed by atoms with Gasteiger partial charge in [-0.05, 0) is 56.5 Å². The lowest BCUT2D eigenvalue weighted by molar-refractivity contribution is 0.221. The van der Waals surface area contributed by atoms with Gasteiger partial charge >= 0.3 is 0 Å². The Kier molecular flexibility index (Phi) is 11.1. The number of likely N-dealkylation sites (tertiary alicyclic amines) is 1. The van der Waals surface area contributed by atoms with Gasteiger partial charge in [0.05, 0.1) is 6.10 Å². The number of pyridine rings is 1. The zero-order valence-electron chi connectivity index (χ0n) is 18.9. The van der Waals surface area contributed by atoms with Gasteiger partial charge in [-0.3, -0.25) is 9.89 Å². The number of aromatic nitrogens is 1. The van der Waals surface area contributed by atoms with Crippen LogP contribution < -0.4 is 15.4 Å². The van der Waals surface area contributed by atoms with E-state index < -0.39 is 0 Å². The second-order valence-electron chi connectivity index (χ2n) is 8.10. The third kappa shape index (κ3) is 9.03. The van der Waals surface area contributed by atoms with E-state index in [2.05, 4.69) is 49.8 Å². The van der Waals surface area contributed by atoms with Gasteiger partial charge in [0.1, 0.15) is 0 Å². The molecule has 0 bridgehead atoms. The van der Waals surface area contributed by atoms with E-state index in [9.17, 15) is 0 Å². The first kappa shape index (κ1) is 25.4. The number of ether oxygens (including phenoxy) is 1. The fourth-order valence-electron chi connectivity index (χ4n) is 3.56. The van der Waals surface area contributed by atoms with Crippen molar-refractivity contribution in [3.63, 3.8) is 0 Å². The van der Waals surface area contributed by atoms with E-state index in [1.165, 1.54) is 43.5 Å². The van der Waals surface area contributed by atoms with Crippen molar-refractivity contribution in [1.29, 1.82) is 0 Å². The van der Waals surface area contributed by atoms with Crippen LogP contribution in [0.5, 0.6) is 5.88 Å². The molecule has 0 unspecified atom stereocenters. The van der Waals surface area contributed by atoms with Crippen molar-refractivity contribution in [1.82, 2.24) is 20.5 Å². The average Bonchev–Trinajstić information content (AvgIpc) is 2.76. The Morgan fingerprint density at radius 2 is 1.58 bits per heavy atom. The molecule has 3 rings (SSSR count). The number of guanidine groups is 1. The molecule has 0 amide bonds. The van der Waals surface area contributed by atoms with Gasteiger partial charge in [0.15, 0.2) is 5.96 Å². The van der Waals surface area contributed by atoms with Crippen LogP contribution in [-0.4, -0.2) is 42.1 Å². The summed E-state index contributed by atoms with van der Waals surface area (Å²) in [4.78, 5) is 11.2. The zero-order valence-corrected chi connectivity index (χ0v) is 21.3. The molecule has 0 radical (unpaired) electrons. The zero-order chi connectivity index (χ0) is 21.2. The van der Waals surface area contributed by atoms with Gasteiger partial charge in [-0.25, -0.2) is 4.98 Å². The predicted octanol–water partition coefficient (Wildman–Crippen LogP) is 4.34. The lowest BCUT2D eigenvalue weighted by Gasteiger charge is -2.26. The van der Waals surface area contributed by atoms with E-state index in [4.69, 9.17) is 4.74 Å². The van der Waals surface area contributed by atoms with Crippen molar-refractivity contribution in [3.8, 4) is 5.88 Å². The lowest BCUT2D eigenvalue weighted by atomic mass is 10.1. The van der Waals surface area contributed by atoms with Crippen LogP contribution in [0.25, 0.3) is 0 Å². The standard InChI is InChI=1S/C24H35N5O.HI/c1-19(2)30-23-12-11-22(16-26-23)17-28-24(25-3)27-15-20-7-9-21(10-8-20)18-29-13-5-4-6-14-29;/h7-12,16,19H,4-6,13-15,17-18H2,1-3H3,(H2,25,27,28);1H. The molecule has 1 aliphatic heterocycles. The highest BCUT2D eigenvalue weighted by Gasteiger charge is 2.10. The highest BCUT2D eigenvalue weighted by Crippen LogP contribution is 2.14. The topological polar surface area (TPSA) is 61.8 Å². The van der Waals surface area contributed by atoms with E-state index >= 15 is 0 Å². The third-order valence-electron chi connectivity index (χ3n) is 5.18. The molecule has 0 spiro atoms. The number of hydrogen-bond acceptors (Lipinski definition) is 4. The fourth-order valence-corrected chi connectivity index (χ4v) is 3.56. The Labute approximate surface area is 203 Å². The quantitative estimate of drug-likeness (QED) is 0.298. The molecule has 6 nitrogen and oxygen atoms in total. The van der Waals surface area contributed by atoms with E-state index in [1.54, 1.807) is 7.05 Å². The van der Waals surface area contributed by atoms with Gasteiger partial charge in [0.25, 0.3) is 0 Å². The molecule has 1 aromatic heterocycles. The fraction of sp³-hybridized carbons (Fsp3) is 0.500. The van der Waals surface area contributed by atoms with E-state index in [0.29, 0.717) is 12.4 Å². The summed E-state index contributed by atoms with van der Waals surface area (Å²) in [5, 5.41) is 6.71. The van der Waals surface area contributed by atoms with Gasteiger partial charge in [0, 0.05) is 38.9 Å². The maximum absolute atomic E-state index is 5.58. The van der Waals surface area contributed by atoms with E-state index in [1.807, 2.05) is 32.2 Å². The molecule has 31 heavy (non-hydrogen) atoms. The predicted molar refractivity (Wildman–Crippen MR) is 138 cm³/mol. The number of rotatable bonds is 8. The van der Waals surface area contributed by atoms with Crippen molar-refractivity contribution < 1.29 is 4.74 Å². The second-order valence-corrected chi connectivity index (χ2v) is 8.10. The van der Waals surface area contributed by atoms with E-state index in [-0.39, 0.29) is 30.1 Å². The molecular weight excluding hydrogens is 501 g/mol. The number of nitrogens with zero attached hydrogens (tertiary/aromatic N) is 3. The van der Waals surface area contributed by atoms with Crippen LogP contribution in [-0.2, 0) is 19.6 Å². The van der Waals surface area contributed by atoms with E-state index in [0.717, 1.165) is 24.6 Å². The molecule has 1 aliphatic rings. The van der Waals surface area contributed by atoms with Crippen LogP contribution >= 0.6 is 24.0 Å². The molecule has 1 fully saturated rings. The summed E-state index contributed by atoms with van der Waals surface area (Å²) in [7, 11) is 1.79. The maximum atomic E-state index is 5.58. The summed E-state index contributed by atoms with van der Waals surface area (Å²) in [6.07, 6.45) is 6.01. The second kappa shape index (κ2) is 13.5. The number of piperidine rings is 1. The number of hydrogen-bond donors (Lipinski definition) is 2. The highest BCUT2D eigenvalue weighted by molar-refractivity contribution is 14.0. The summed E-state index contributed by atoms with van der Waals surface area (Å²) >= 11 is 0. The van der Waals surface area contributed by atoms with Crippen LogP contribution in [0, 0.1) is 0 Å². The van der Waals surface area contributed by atoms with Crippen molar-refractivity contribution >= 4 is 29.9 Å². The minimum Gasteiger partial charge on any atom is -0.475 e. The minimum atomic E-state index is 0. The van der Waals surface area contributed by atoms with Gasteiger partial charge in [-0.2, -0.15) is 0 Å². The van der Waals surface area contributed by atoms with Crippen molar-refractivity contribution in [2.75, 3.05) is 20.1 Å². The van der Waals surface area contributed by atoms with Crippen molar-refractivity contribution in [2.45, 2.75) is 58.8 Å². The molecule has 7 heteroatoms. The maximum Gasteiger partial charge on any atom is 0.213 e. The first-order valence-corrected chi connectivity index (χ1v) is 11.0. The summed E-state index contributed by atoms with van der Waals surface area (Å²) in [6, 6.07) is 12.8. The SMILES string of the molecule is CN=C(NCc1ccc(CN2CCCCC2)cc1)NCc1ccc(OC(C)C)nc1.I. The molecule has 0 atom stereocenters. The van der Waals surface area contributed by atoms with Crippen LogP contribution in [0.15, 0.2) is 47.6 Å². The summed E-state index contributed by atoms with van der Waals surface area (Å²) in [6.45, 7) is 8.91. The smallest absolute Gasteiger partial charge is 0.213 e. The van der Waals surface area contributed by atoms with Crippen LogP contribution in [0.1, 0.15) is 49.8 Å². The first-order chi connectivity index (χ1) is 14.6. The van der Waals surface area contributed by atoms with Crippen LogP contribution in [0.3, 0.4) is 0 Å². The Morgan fingerprint density at radius 3 is 2.16 bits per heavy atom. The molecule has 1 saturated heterocycles. The Balaban J connectivity index is 0.00000341. The van der Waals surface area contributed by atoms with Gasteiger partial charge in [-0.1, -0.05) is 36.8 Å². The van der Waals surface area contributed by atoms with Gasteiger partial charge in [-0.15, -0.1) is 24.0 Å². The summed E-state index contributed by atoms with van der Waals surface area (Å²) in [5.41, 5.74) is 3.72. The molecule has 2 heterocycles. The number of benzene rings is 1. The minimum absolute atomic E-state index is 0. The lowest BCUT2D eigenvalue weighted by Crippen LogP contribution is -2.36. The van der Waals surface area contributed by atoms with Crippen LogP contribution in [0.4, 0.5) is 0 Å². The monoisotopic (exact) mass is 537 g/mol. The molecule has 2 N–H and O–H groups in total. The Hall–Kier alpha value is -1.87. The first-order valence-electron chi connectivity index (χ1n) is 11.0. The normalized spacial score (nSPS) is 14.8. The van der Waals surface area contributed by atoms with Crippen molar-refractivity contribution in [2.24, 2.45) is 4.99 Å². The average molecular weight is 537 g/mol. The molecule has 170 valence electrons. The number of nitrogens with one attached hydrogen (secondary N) is 2. The summed E-state index contributed by atoms with van der Waals surface area (Å²) in [5.74, 6) is 1.43. The Bertz CT molecular complexity index is 787. The number of aliphatic imine (C=N–C) groups is 1. The summed E-state index contributed by atoms with van der Waals surface area (Å²) < 4.78 is 5.58.